The fourth-order valence-electron chi connectivity index (χ4n) is 2.69. The second-order valence-electron chi connectivity index (χ2n) is 5.91. The van der Waals surface area contributed by atoms with Crippen LogP contribution in [-0.2, 0) is 9.59 Å². The lowest BCUT2D eigenvalue weighted by molar-refractivity contribution is -0.129. The van der Waals surface area contributed by atoms with Crippen molar-refractivity contribution in [1.29, 1.82) is 0 Å². The lowest BCUT2D eigenvalue weighted by Gasteiger charge is -2.20. The van der Waals surface area contributed by atoms with Gasteiger partial charge >= 0.3 is 0 Å². The molecule has 4 N–H and O–H groups in total. The lowest BCUT2D eigenvalue weighted by Crippen LogP contribution is -2.39. The number of hydrogen-bond donors (Lipinski definition) is 3. The van der Waals surface area contributed by atoms with E-state index in [9.17, 15) is 9.59 Å². The number of nitrogens with zero attached hydrogens (tertiary/aromatic N) is 1. The van der Waals surface area contributed by atoms with Crippen molar-refractivity contribution < 1.29 is 9.59 Å². The Labute approximate surface area is 136 Å². The number of carbonyl (C=O) groups is 2. The Morgan fingerprint density at radius 3 is 2.70 bits per heavy atom. The number of amides is 2. The van der Waals surface area contributed by atoms with Crippen LogP contribution >= 0.6 is 0 Å². The molecule has 2 amide bonds. The van der Waals surface area contributed by atoms with Gasteiger partial charge in [-0.15, -0.1) is 0 Å². The van der Waals surface area contributed by atoms with E-state index < -0.39 is 0 Å². The smallest absolute Gasteiger partial charge is 0.259 e. The number of carbonyl (C=O) groups excluding carboxylic acids is 2. The molecule has 1 fully saturated rings. The normalized spacial score (nSPS) is 16.0. The van der Waals surface area contributed by atoms with Crippen molar-refractivity contribution in [3.05, 3.63) is 29.8 Å². The Bertz CT molecular complexity index is 592. The molecular formula is C17H24N4O2. The summed E-state index contributed by atoms with van der Waals surface area (Å²) in [5.74, 6) is -0.317. The van der Waals surface area contributed by atoms with Crippen LogP contribution in [0.2, 0.25) is 0 Å². The molecule has 0 atom stereocenters. The number of benzene rings is 1. The molecule has 1 aliphatic rings. The molecule has 0 aromatic heterocycles. The van der Waals surface area contributed by atoms with Crippen LogP contribution in [0.15, 0.2) is 29.4 Å². The monoisotopic (exact) mass is 316 g/mol. The molecule has 23 heavy (non-hydrogen) atoms. The molecule has 0 aliphatic heterocycles. The third-order valence-corrected chi connectivity index (χ3v) is 4.05. The number of rotatable bonds is 5. The average Bonchev–Trinajstić information content (AvgIpc) is 2.58. The zero-order valence-electron chi connectivity index (χ0n) is 13.5. The van der Waals surface area contributed by atoms with E-state index in [0.717, 1.165) is 31.2 Å². The summed E-state index contributed by atoms with van der Waals surface area (Å²) in [4.78, 5) is 23.7. The van der Waals surface area contributed by atoms with Gasteiger partial charge in [0.05, 0.1) is 12.3 Å². The van der Waals surface area contributed by atoms with Gasteiger partial charge in [-0.2, -0.15) is 5.10 Å². The van der Waals surface area contributed by atoms with Gasteiger partial charge in [0, 0.05) is 11.6 Å². The average molecular weight is 316 g/mol. The molecule has 1 saturated carbocycles. The summed E-state index contributed by atoms with van der Waals surface area (Å²) in [6, 6.07) is 7.27. The van der Waals surface area contributed by atoms with Gasteiger partial charge in [0.25, 0.3) is 5.91 Å². The van der Waals surface area contributed by atoms with Gasteiger partial charge in [0.1, 0.15) is 0 Å². The molecule has 0 unspecified atom stereocenters. The Morgan fingerprint density at radius 2 is 2.00 bits per heavy atom. The van der Waals surface area contributed by atoms with Gasteiger partial charge in [0.2, 0.25) is 5.91 Å². The number of nitrogens with one attached hydrogen (secondary N) is 2. The second kappa shape index (κ2) is 8.31. The van der Waals surface area contributed by atoms with Gasteiger partial charge in [-0.3, -0.25) is 9.59 Å². The first kappa shape index (κ1) is 17.0. The van der Waals surface area contributed by atoms with Gasteiger partial charge in [-0.05, 0) is 37.5 Å². The van der Waals surface area contributed by atoms with Crippen LogP contribution in [0, 0.1) is 5.92 Å². The number of anilines is 1. The summed E-state index contributed by atoms with van der Waals surface area (Å²) >= 11 is 0. The maximum atomic E-state index is 12.0. The second-order valence-corrected chi connectivity index (χ2v) is 5.91. The Balaban J connectivity index is 1.78. The number of hydrazone groups is 1. The highest BCUT2D eigenvalue weighted by Crippen LogP contribution is 2.23. The highest BCUT2D eigenvalue weighted by molar-refractivity contribution is 6.00. The van der Waals surface area contributed by atoms with Crippen LogP contribution in [0.5, 0.6) is 0 Å². The first-order valence-corrected chi connectivity index (χ1v) is 8.03. The molecule has 0 spiro atoms. The van der Waals surface area contributed by atoms with Gasteiger partial charge in [-0.1, -0.05) is 31.4 Å². The fraction of sp³-hybridized carbons (Fsp3) is 0.471. The van der Waals surface area contributed by atoms with Crippen LogP contribution in [0.4, 0.5) is 5.69 Å². The summed E-state index contributed by atoms with van der Waals surface area (Å²) in [5.41, 5.74) is 10.3. The van der Waals surface area contributed by atoms with Gasteiger partial charge in [0.15, 0.2) is 0 Å². The molecule has 1 aromatic rings. The van der Waals surface area contributed by atoms with Gasteiger partial charge < -0.3 is 11.1 Å². The third-order valence-electron chi connectivity index (χ3n) is 4.05. The zero-order valence-corrected chi connectivity index (χ0v) is 13.5. The number of nitrogen functional groups attached to an aromatic ring is 1. The lowest BCUT2D eigenvalue weighted by atomic mass is 9.89. The van der Waals surface area contributed by atoms with E-state index in [-0.39, 0.29) is 24.3 Å². The van der Waals surface area contributed by atoms with Crippen LogP contribution < -0.4 is 16.5 Å². The predicted octanol–water partition coefficient (Wildman–Crippen LogP) is 1.81. The van der Waals surface area contributed by atoms with Crippen LogP contribution in [0.25, 0.3) is 0 Å². The molecule has 1 aromatic carbocycles. The van der Waals surface area contributed by atoms with Crippen LogP contribution in [0.3, 0.4) is 0 Å². The minimum Gasteiger partial charge on any atom is -0.399 e. The van der Waals surface area contributed by atoms with E-state index >= 15 is 0 Å². The van der Waals surface area contributed by atoms with Crippen molar-refractivity contribution in [1.82, 2.24) is 10.7 Å². The topological polar surface area (TPSA) is 96.6 Å². The third kappa shape index (κ3) is 5.39. The van der Waals surface area contributed by atoms with Crippen molar-refractivity contribution >= 4 is 23.2 Å². The van der Waals surface area contributed by atoms with Gasteiger partial charge in [-0.25, -0.2) is 5.43 Å². The SMILES string of the molecule is C/C(=N\NC(=O)CNC(=O)C1CCCCC1)c1cccc(N)c1. The quantitative estimate of drug-likeness (QED) is 0.439. The number of hydrogen-bond acceptors (Lipinski definition) is 4. The minimum atomic E-state index is -0.336. The first-order valence-electron chi connectivity index (χ1n) is 8.03. The maximum Gasteiger partial charge on any atom is 0.259 e. The molecule has 2 rings (SSSR count). The van der Waals surface area contributed by atoms with Crippen molar-refractivity contribution in [3.8, 4) is 0 Å². The fourth-order valence-corrected chi connectivity index (χ4v) is 2.69. The van der Waals surface area contributed by atoms with E-state index in [1.54, 1.807) is 19.1 Å². The van der Waals surface area contributed by atoms with Crippen molar-refractivity contribution in [2.24, 2.45) is 11.0 Å². The molecule has 0 radical (unpaired) electrons. The van der Waals surface area contributed by atoms with Crippen LogP contribution in [-0.4, -0.2) is 24.1 Å². The van der Waals surface area contributed by atoms with E-state index in [2.05, 4.69) is 15.8 Å². The first-order chi connectivity index (χ1) is 11.1. The van der Waals surface area contributed by atoms with E-state index in [1.165, 1.54) is 6.42 Å². The molecule has 1 aliphatic carbocycles. The summed E-state index contributed by atoms with van der Waals surface area (Å²) in [7, 11) is 0. The summed E-state index contributed by atoms with van der Waals surface area (Å²) in [6.45, 7) is 1.73. The van der Waals surface area contributed by atoms with Crippen LogP contribution in [0.1, 0.15) is 44.6 Å². The molecule has 6 heteroatoms. The maximum absolute atomic E-state index is 12.0. The van der Waals surface area contributed by atoms with Crippen molar-refractivity contribution in [2.45, 2.75) is 39.0 Å². The molecule has 0 saturated heterocycles. The Kier molecular flexibility index (Phi) is 6.14. The summed E-state index contributed by atoms with van der Waals surface area (Å²) in [6.07, 6.45) is 5.21. The predicted molar refractivity (Wildman–Crippen MR) is 90.8 cm³/mol. The summed E-state index contributed by atoms with van der Waals surface area (Å²) < 4.78 is 0. The molecule has 6 nitrogen and oxygen atoms in total. The minimum absolute atomic E-state index is 0.0311. The highest BCUT2D eigenvalue weighted by Gasteiger charge is 2.21. The number of nitrogens with two attached hydrogens (primary N) is 1. The largest absolute Gasteiger partial charge is 0.399 e. The van der Waals surface area contributed by atoms with Crippen molar-refractivity contribution in [3.63, 3.8) is 0 Å². The highest BCUT2D eigenvalue weighted by atomic mass is 16.2. The van der Waals surface area contributed by atoms with E-state index in [0.29, 0.717) is 11.4 Å². The molecule has 124 valence electrons. The molecular weight excluding hydrogens is 292 g/mol. The Hall–Kier alpha value is -2.37. The Morgan fingerprint density at radius 1 is 1.26 bits per heavy atom. The van der Waals surface area contributed by atoms with E-state index in [1.807, 2.05) is 12.1 Å². The summed E-state index contributed by atoms with van der Waals surface area (Å²) in [5, 5.41) is 6.72. The zero-order chi connectivity index (χ0) is 16.7. The molecule has 0 heterocycles. The van der Waals surface area contributed by atoms with Crippen molar-refractivity contribution in [2.75, 3.05) is 12.3 Å². The van der Waals surface area contributed by atoms with E-state index in [4.69, 9.17) is 5.73 Å². The standard InChI is InChI=1S/C17H24N4O2/c1-12(14-8-5-9-15(18)10-14)20-21-16(22)11-19-17(23)13-6-3-2-4-7-13/h5,8-10,13H,2-4,6-7,11,18H2,1H3,(H,19,23)(H,21,22)/b20-12+. The molecule has 0 bridgehead atoms.